The van der Waals surface area contributed by atoms with Gasteiger partial charge in [-0.25, -0.2) is 0 Å². The molecule has 1 aliphatic heterocycles. The van der Waals surface area contributed by atoms with E-state index in [2.05, 4.69) is 39.8 Å². The molecule has 114 valence electrons. The maximum Gasteiger partial charge on any atom is 0.144 e. The van der Waals surface area contributed by atoms with Crippen LogP contribution in [0.5, 0.6) is 5.75 Å². The van der Waals surface area contributed by atoms with Crippen molar-refractivity contribution in [3.63, 3.8) is 0 Å². The van der Waals surface area contributed by atoms with Gasteiger partial charge in [0.25, 0.3) is 0 Å². The lowest BCUT2D eigenvalue weighted by molar-refractivity contribution is -0.0589. The van der Waals surface area contributed by atoms with Gasteiger partial charge < -0.3 is 9.84 Å². The molecule has 1 atom stereocenters. The molecule has 2 nitrogen and oxygen atoms in total. The summed E-state index contributed by atoms with van der Waals surface area (Å²) in [7, 11) is 0. The Bertz CT molecular complexity index is 728. The maximum absolute atomic E-state index is 10.5. The summed E-state index contributed by atoms with van der Waals surface area (Å²) in [5, 5.41) is 10.5. The van der Waals surface area contributed by atoms with Crippen LogP contribution in [0.25, 0.3) is 0 Å². The average Bonchev–Trinajstić information content (AvgIpc) is 2.70. The minimum atomic E-state index is -0.736. The molecule has 2 heteroatoms. The lowest BCUT2D eigenvalue weighted by Gasteiger charge is -2.35. The Morgan fingerprint density at radius 3 is 1.95 bits per heavy atom. The van der Waals surface area contributed by atoms with Crippen molar-refractivity contribution < 1.29 is 9.84 Å². The summed E-state index contributed by atoms with van der Waals surface area (Å²) in [5.41, 5.74) is 3.08. The Morgan fingerprint density at radius 2 is 1.41 bits per heavy atom. The van der Waals surface area contributed by atoms with Crippen molar-refractivity contribution in [1.82, 2.24) is 0 Å². The SMILES string of the molecule is CC1=C(C)C(c2ccccc2)(c2ccccc2O)OC1(C)C. The van der Waals surface area contributed by atoms with Crippen LogP contribution >= 0.6 is 0 Å². The molecule has 0 spiro atoms. The summed E-state index contributed by atoms with van der Waals surface area (Å²) >= 11 is 0. The van der Waals surface area contributed by atoms with Gasteiger partial charge in [-0.2, -0.15) is 0 Å². The number of ether oxygens (including phenoxy) is 1. The van der Waals surface area contributed by atoms with Crippen LogP contribution in [-0.4, -0.2) is 10.7 Å². The zero-order valence-electron chi connectivity index (χ0n) is 13.6. The van der Waals surface area contributed by atoms with E-state index in [1.165, 1.54) is 5.57 Å². The molecule has 1 N–H and O–H groups in total. The molecular weight excluding hydrogens is 272 g/mol. The normalized spacial score (nSPS) is 23.8. The first kappa shape index (κ1) is 14.9. The zero-order valence-corrected chi connectivity index (χ0v) is 13.6. The first-order valence-electron chi connectivity index (χ1n) is 7.62. The van der Waals surface area contributed by atoms with Crippen LogP contribution in [0.3, 0.4) is 0 Å². The highest BCUT2D eigenvalue weighted by Crippen LogP contribution is 2.53. The minimum Gasteiger partial charge on any atom is -0.508 e. The van der Waals surface area contributed by atoms with E-state index in [4.69, 9.17) is 4.74 Å². The fourth-order valence-electron chi connectivity index (χ4n) is 3.38. The molecule has 0 bridgehead atoms. The van der Waals surface area contributed by atoms with Gasteiger partial charge in [0.05, 0.1) is 5.60 Å². The largest absolute Gasteiger partial charge is 0.508 e. The van der Waals surface area contributed by atoms with Crippen LogP contribution in [-0.2, 0) is 10.3 Å². The van der Waals surface area contributed by atoms with Gasteiger partial charge in [0.2, 0.25) is 0 Å². The molecular formula is C20H22O2. The number of benzene rings is 2. The van der Waals surface area contributed by atoms with Crippen molar-refractivity contribution in [3.05, 3.63) is 76.9 Å². The summed E-state index contributed by atoms with van der Waals surface area (Å²) in [6.45, 7) is 8.37. The van der Waals surface area contributed by atoms with Gasteiger partial charge in [-0.15, -0.1) is 0 Å². The second-order valence-electron chi connectivity index (χ2n) is 6.43. The zero-order chi connectivity index (χ0) is 16.0. The molecule has 2 aromatic rings. The van der Waals surface area contributed by atoms with E-state index in [9.17, 15) is 5.11 Å². The Morgan fingerprint density at radius 1 is 0.818 bits per heavy atom. The third-order valence-electron chi connectivity index (χ3n) is 4.87. The Labute approximate surface area is 132 Å². The molecule has 3 rings (SSSR count). The standard InChI is InChI=1S/C20H22O2/c1-14-15(2)20(22-19(14,3)4,16-10-6-5-7-11-16)17-12-8-9-13-18(17)21/h5-13,21H,1-4H3. The summed E-state index contributed by atoms with van der Waals surface area (Å²) in [5.74, 6) is 0.260. The monoisotopic (exact) mass is 294 g/mol. The molecule has 0 aliphatic carbocycles. The van der Waals surface area contributed by atoms with E-state index in [-0.39, 0.29) is 11.4 Å². The smallest absolute Gasteiger partial charge is 0.144 e. The first-order valence-corrected chi connectivity index (χ1v) is 7.62. The van der Waals surface area contributed by atoms with Crippen molar-refractivity contribution in [2.45, 2.75) is 38.9 Å². The van der Waals surface area contributed by atoms with Gasteiger partial charge in [0.15, 0.2) is 0 Å². The van der Waals surface area contributed by atoms with Gasteiger partial charge in [0, 0.05) is 5.56 Å². The van der Waals surface area contributed by atoms with Gasteiger partial charge in [0.1, 0.15) is 11.4 Å². The molecule has 0 saturated carbocycles. The van der Waals surface area contributed by atoms with Crippen LogP contribution in [0.1, 0.15) is 38.8 Å². The number of aromatic hydroxyl groups is 1. The fourth-order valence-corrected chi connectivity index (χ4v) is 3.38. The highest BCUT2D eigenvalue weighted by atomic mass is 16.5. The third kappa shape index (κ3) is 1.98. The molecule has 0 amide bonds. The van der Waals surface area contributed by atoms with E-state index < -0.39 is 5.60 Å². The summed E-state index contributed by atoms with van der Waals surface area (Å²) < 4.78 is 6.58. The molecule has 0 aromatic heterocycles. The quantitative estimate of drug-likeness (QED) is 0.808. The number of para-hydroxylation sites is 1. The van der Waals surface area contributed by atoms with E-state index in [0.717, 1.165) is 16.7 Å². The summed E-state index contributed by atoms with van der Waals surface area (Å²) in [6.07, 6.45) is 0. The topological polar surface area (TPSA) is 29.5 Å². The van der Waals surface area contributed by atoms with Crippen molar-refractivity contribution in [2.24, 2.45) is 0 Å². The Kier molecular flexibility index (Phi) is 3.37. The maximum atomic E-state index is 10.5. The average molecular weight is 294 g/mol. The van der Waals surface area contributed by atoms with Crippen molar-refractivity contribution >= 4 is 0 Å². The van der Waals surface area contributed by atoms with Crippen LogP contribution in [0.2, 0.25) is 0 Å². The number of rotatable bonds is 2. The van der Waals surface area contributed by atoms with Gasteiger partial charge in [-0.3, -0.25) is 0 Å². The molecule has 1 aliphatic rings. The molecule has 0 saturated heterocycles. The second kappa shape index (κ2) is 4.99. The number of hydrogen-bond acceptors (Lipinski definition) is 2. The molecule has 22 heavy (non-hydrogen) atoms. The predicted molar refractivity (Wildman–Crippen MR) is 88.9 cm³/mol. The second-order valence-corrected chi connectivity index (χ2v) is 6.43. The molecule has 0 radical (unpaired) electrons. The third-order valence-corrected chi connectivity index (χ3v) is 4.87. The van der Waals surface area contributed by atoms with Crippen LogP contribution in [0, 0.1) is 0 Å². The first-order chi connectivity index (χ1) is 10.4. The Hall–Kier alpha value is -2.06. The van der Waals surface area contributed by atoms with Crippen molar-refractivity contribution in [1.29, 1.82) is 0 Å². The van der Waals surface area contributed by atoms with Gasteiger partial charge in [-0.05, 0) is 50.5 Å². The number of phenolic OH excluding ortho intramolecular Hbond substituents is 1. The van der Waals surface area contributed by atoms with Gasteiger partial charge >= 0.3 is 0 Å². The van der Waals surface area contributed by atoms with E-state index in [1.54, 1.807) is 6.07 Å². The predicted octanol–water partition coefficient (Wildman–Crippen LogP) is 4.78. The molecule has 1 heterocycles. The van der Waals surface area contributed by atoms with E-state index >= 15 is 0 Å². The lowest BCUT2D eigenvalue weighted by atomic mass is 9.79. The Balaban J connectivity index is 2.34. The minimum absolute atomic E-state index is 0.260. The molecule has 2 aromatic carbocycles. The van der Waals surface area contributed by atoms with E-state index in [1.807, 2.05) is 36.4 Å². The highest BCUT2D eigenvalue weighted by molar-refractivity contribution is 5.54. The molecule has 1 unspecified atom stereocenters. The van der Waals surface area contributed by atoms with Crippen molar-refractivity contribution in [3.8, 4) is 5.75 Å². The fraction of sp³-hybridized carbons (Fsp3) is 0.300. The van der Waals surface area contributed by atoms with Crippen LogP contribution in [0.15, 0.2) is 65.7 Å². The summed E-state index contributed by atoms with van der Waals surface area (Å²) in [6, 6.07) is 17.6. The highest BCUT2D eigenvalue weighted by Gasteiger charge is 2.50. The van der Waals surface area contributed by atoms with Crippen molar-refractivity contribution in [2.75, 3.05) is 0 Å². The van der Waals surface area contributed by atoms with Crippen LogP contribution < -0.4 is 0 Å². The molecule has 0 fully saturated rings. The van der Waals surface area contributed by atoms with Crippen LogP contribution in [0.4, 0.5) is 0 Å². The van der Waals surface area contributed by atoms with E-state index in [0.29, 0.717) is 0 Å². The lowest BCUT2D eigenvalue weighted by Crippen LogP contribution is -2.34. The number of hydrogen-bond donors (Lipinski definition) is 1. The number of phenols is 1. The van der Waals surface area contributed by atoms with Gasteiger partial charge in [-0.1, -0.05) is 48.5 Å². The summed E-state index contributed by atoms with van der Waals surface area (Å²) in [4.78, 5) is 0.